The first-order valence-corrected chi connectivity index (χ1v) is 10.4. The molecule has 0 aliphatic heterocycles. The first kappa shape index (κ1) is 20.4. The number of hydrogen-bond acceptors (Lipinski definition) is 5. The fourth-order valence-corrected chi connectivity index (χ4v) is 4.01. The maximum absolute atomic E-state index is 13.3. The van der Waals surface area contributed by atoms with Crippen molar-refractivity contribution >= 4 is 33.0 Å². The topological polar surface area (TPSA) is 105 Å². The molecule has 0 radical (unpaired) electrons. The lowest BCUT2D eigenvalue weighted by molar-refractivity contribution is 0.102. The largest absolute Gasteiger partial charge is 0.322 e. The molecule has 0 aliphatic carbocycles. The Morgan fingerprint density at radius 2 is 1.74 bits per heavy atom. The number of amides is 1. The second kappa shape index (κ2) is 7.76. The van der Waals surface area contributed by atoms with Crippen LogP contribution in [0, 0.1) is 18.6 Å². The van der Waals surface area contributed by atoms with E-state index in [-0.39, 0.29) is 5.69 Å². The molecule has 2 aromatic carbocycles. The van der Waals surface area contributed by atoms with Gasteiger partial charge in [0, 0.05) is 23.8 Å². The third kappa shape index (κ3) is 4.08. The highest BCUT2D eigenvalue weighted by atomic mass is 32.2. The van der Waals surface area contributed by atoms with E-state index in [1.54, 1.807) is 25.4 Å². The maximum atomic E-state index is 13.3. The Morgan fingerprint density at radius 3 is 2.45 bits per heavy atom. The Bertz CT molecular complexity index is 1400. The number of sulfonamides is 1. The number of nitrogens with one attached hydrogen (secondary N) is 2. The minimum atomic E-state index is -4.12. The number of aromatic nitrogens is 3. The number of benzene rings is 2. The zero-order valence-electron chi connectivity index (χ0n) is 16.0. The quantitative estimate of drug-likeness (QED) is 0.492. The van der Waals surface area contributed by atoms with Crippen LogP contribution in [-0.4, -0.2) is 28.9 Å². The summed E-state index contributed by atoms with van der Waals surface area (Å²) >= 11 is 0. The number of carbonyl (C=O) groups is 1. The van der Waals surface area contributed by atoms with Gasteiger partial charge in [-0.2, -0.15) is 5.10 Å². The monoisotopic (exact) mass is 443 g/mol. The molecule has 2 N–H and O–H groups in total. The van der Waals surface area contributed by atoms with Crippen LogP contribution < -0.4 is 10.0 Å². The number of aryl methyl sites for hydroxylation is 1. The predicted molar refractivity (Wildman–Crippen MR) is 109 cm³/mol. The summed E-state index contributed by atoms with van der Waals surface area (Å²) in [4.78, 5) is 16.4. The fraction of sp³-hybridized carbons (Fsp3) is 0.0500. The van der Waals surface area contributed by atoms with Crippen molar-refractivity contribution in [3.8, 4) is 0 Å². The van der Waals surface area contributed by atoms with Crippen LogP contribution in [0.1, 0.15) is 16.1 Å². The van der Waals surface area contributed by atoms with Gasteiger partial charge in [-0.15, -0.1) is 0 Å². The molecule has 0 unspecified atom stereocenters. The van der Waals surface area contributed by atoms with Crippen LogP contribution in [-0.2, 0) is 10.0 Å². The zero-order chi connectivity index (χ0) is 22.2. The van der Waals surface area contributed by atoms with Gasteiger partial charge >= 0.3 is 0 Å². The summed E-state index contributed by atoms with van der Waals surface area (Å²) in [5.41, 5.74) is 1.83. The van der Waals surface area contributed by atoms with Gasteiger partial charge in [-0.25, -0.2) is 26.7 Å². The standard InChI is InChI=1S/C20H15F2N5O3S/c1-12-18(19-23-9-2-10-27(19)25-12)20(28)24-13-3-5-14(6-4-13)26-31(29,30)15-7-8-16(21)17(22)11-15/h2-11,26H,1H3,(H,24,28). The number of hydrogen-bond donors (Lipinski definition) is 2. The Hall–Kier alpha value is -3.86. The highest BCUT2D eigenvalue weighted by molar-refractivity contribution is 7.92. The third-order valence-electron chi connectivity index (χ3n) is 4.39. The molecule has 0 aliphatic rings. The van der Waals surface area contributed by atoms with Gasteiger partial charge in [0.1, 0.15) is 5.56 Å². The second-order valence-corrected chi connectivity index (χ2v) is 8.24. The molecule has 158 valence electrons. The molecule has 0 saturated heterocycles. The van der Waals surface area contributed by atoms with Gasteiger partial charge < -0.3 is 5.32 Å². The highest BCUT2D eigenvalue weighted by Crippen LogP contribution is 2.21. The van der Waals surface area contributed by atoms with E-state index in [4.69, 9.17) is 0 Å². The summed E-state index contributed by atoms with van der Waals surface area (Å²) in [6.45, 7) is 1.69. The highest BCUT2D eigenvalue weighted by Gasteiger charge is 2.19. The molecule has 2 heterocycles. The molecule has 4 aromatic rings. The first-order valence-electron chi connectivity index (χ1n) is 8.94. The summed E-state index contributed by atoms with van der Waals surface area (Å²) in [6, 6.07) is 9.83. The third-order valence-corrected chi connectivity index (χ3v) is 5.77. The number of carbonyl (C=O) groups excluding carboxylic acids is 1. The van der Waals surface area contributed by atoms with Crippen LogP contribution in [0.2, 0.25) is 0 Å². The second-order valence-electron chi connectivity index (χ2n) is 6.56. The van der Waals surface area contributed by atoms with Crippen molar-refractivity contribution in [1.29, 1.82) is 0 Å². The van der Waals surface area contributed by atoms with E-state index in [0.29, 0.717) is 28.7 Å². The van der Waals surface area contributed by atoms with Crippen molar-refractivity contribution in [2.75, 3.05) is 10.0 Å². The molecule has 31 heavy (non-hydrogen) atoms. The van der Waals surface area contributed by atoms with Crippen molar-refractivity contribution in [1.82, 2.24) is 14.6 Å². The average Bonchev–Trinajstić information content (AvgIpc) is 3.07. The van der Waals surface area contributed by atoms with Crippen LogP contribution in [0.15, 0.2) is 65.8 Å². The summed E-state index contributed by atoms with van der Waals surface area (Å²) in [6.07, 6.45) is 3.24. The molecule has 0 fully saturated rings. The SMILES string of the molecule is Cc1nn2cccnc2c1C(=O)Nc1ccc(NS(=O)(=O)c2ccc(F)c(F)c2)cc1. The van der Waals surface area contributed by atoms with Crippen molar-refractivity contribution in [3.63, 3.8) is 0 Å². The van der Waals surface area contributed by atoms with Crippen molar-refractivity contribution in [2.45, 2.75) is 11.8 Å². The summed E-state index contributed by atoms with van der Waals surface area (Å²) in [5.74, 6) is -2.82. The minimum absolute atomic E-state index is 0.177. The minimum Gasteiger partial charge on any atom is -0.322 e. The molecule has 0 atom stereocenters. The number of fused-ring (bicyclic) bond motifs is 1. The van der Waals surface area contributed by atoms with Crippen LogP contribution >= 0.6 is 0 Å². The Balaban J connectivity index is 1.51. The van der Waals surface area contributed by atoms with Gasteiger partial charge in [-0.1, -0.05) is 0 Å². The van der Waals surface area contributed by atoms with Crippen molar-refractivity contribution < 1.29 is 22.0 Å². The average molecular weight is 443 g/mol. The van der Waals surface area contributed by atoms with E-state index in [1.807, 2.05) is 0 Å². The first-order chi connectivity index (χ1) is 14.7. The van der Waals surface area contributed by atoms with Crippen LogP contribution in [0.25, 0.3) is 5.65 Å². The van der Waals surface area contributed by atoms with Gasteiger partial charge in [-0.05, 0) is 55.5 Å². The molecule has 4 rings (SSSR count). The Morgan fingerprint density at radius 1 is 1.03 bits per heavy atom. The molecule has 0 spiro atoms. The number of halogens is 2. The van der Waals surface area contributed by atoms with Crippen LogP contribution in [0.5, 0.6) is 0 Å². The number of anilines is 2. The van der Waals surface area contributed by atoms with Gasteiger partial charge in [0.25, 0.3) is 15.9 Å². The Labute approximate surface area is 175 Å². The van der Waals surface area contributed by atoms with Gasteiger partial charge in [-0.3, -0.25) is 9.52 Å². The molecule has 11 heteroatoms. The van der Waals surface area contributed by atoms with Gasteiger partial charge in [0.05, 0.1) is 10.6 Å². The van der Waals surface area contributed by atoms with Crippen molar-refractivity contribution in [3.05, 3.63) is 83.8 Å². The molecule has 1 amide bonds. The molecule has 8 nitrogen and oxygen atoms in total. The fourth-order valence-electron chi connectivity index (χ4n) is 2.94. The zero-order valence-corrected chi connectivity index (χ0v) is 16.8. The molecular weight excluding hydrogens is 428 g/mol. The predicted octanol–water partition coefficient (Wildman–Crippen LogP) is 3.37. The van der Waals surface area contributed by atoms with Crippen LogP contribution in [0.3, 0.4) is 0 Å². The van der Waals surface area contributed by atoms with E-state index in [1.165, 1.54) is 28.8 Å². The maximum Gasteiger partial charge on any atom is 0.261 e. The van der Waals surface area contributed by atoms with E-state index >= 15 is 0 Å². The van der Waals surface area contributed by atoms with E-state index in [2.05, 4.69) is 20.1 Å². The Kier molecular flexibility index (Phi) is 5.11. The molecular formula is C20H15F2N5O3S. The van der Waals surface area contributed by atoms with Crippen LogP contribution in [0.4, 0.5) is 20.2 Å². The lowest BCUT2D eigenvalue weighted by Gasteiger charge is -2.10. The summed E-state index contributed by atoms with van der Waals surface area (Å²) in [7, 11) is -4.12. The summed E-state index contributed by atoms with van der Waals surface area (Å²) < 4.78 is 54.9. The normalized spacial score (nSPS) is 11.5. The molecule has 0 bridgehead atoms. The number of rotatable bonds is 5. The van der Waals surface area contributed by atoms with Gasteiger partial charge in [0.2, 0.25) is 0 Å². The smallest absolute Gasteiger partial charge is 0.261 e. The van der Waals surface area contributed by atoms with E-state index in [9.17, 15) is 22.0 Å². The number of nitrogens with zero attached hydrogens (tertiary/aromatic N) is 3. The summed E-state index contributed by atoms with van der Waals surface area (Å²) in [5, 5.41) is 6.95. The van der Waals surface area contributed by atoms with E-state index in [0.717, 1.165) is 12.1 Å². The van der Waals surface area contributed by atoms with Crippen molar-refractivity contribution in [2.24, 2.45) is 0 Å². The molecule has 0 saturated carbocycles. The lowest BCUT2D eigenvalue weighted by atomic mass is 10.2. The van der Waals surface area contributed by atoms with E-state index < -0.39 is 32.5 Å². The lowest BCUT2D eigenvalue weighted by Crippen LogP contribution is -2.14. The molecule has 2 aromatic heterocycles. The van der Waals surface area contributed by atoms with Gasteiger partial charge in [0.15, 0.2) is 17.3 Å².